The highest BCUT2D eigenvalue weighted by molar-refractivity contribution is 6.31. The van der Waals surface area contributed by atoms with Crippen LogP contribution in [0.5, 0.6) is 0 Å². The van der Waals surface area contributed by atoms with E-state index in [0.29, 0.717) is 12.5 Å². The highest BCUT2D eigenvalue weighted by Gasteiger charge is 2.17. The minimum Gasteiger partial charge on any atom is -0.378 e. The molecule has 1 aliphatic heterocycles. The highest BCUT2D eigenvalue weighted by Crippen LogP contribution is 2.22. The molecule has 2 rings (SSSR count). The Hall–Kier alpha value is -0.640. The first kappa shape index (κ1) is 13.8. The van der Waals surface area contributed by atoms with Gasteiger partial charge >= 0.3 is 0 Å². The predicted octanol–water partition coefficient (Wildman–Crippen LogP) is 3.31. The van der Waals surface area contributed by atoms with Crippen LogP contribution in [0.25, 0.3) is 0 Å². The first-order valence-corrected chi connectivity index (χ1v) is 6.84. The van der Waals surface area contributed by atoms with Crippen molar-refractivity contribution in [2.45, 2.75) is 44.2 Å². The van der Waals surface area contributed by atoms with Gasteiger partial charge in [0.25, 0.3) is 0 Å². The van der Waals surface area contributed by atoms with Gasteiger partial charge in [0.15, 0.2) is 0 Å². The molecule has 1 aromatic carbocycles. The second kappa shape index (κ2) is 6.50. The third-order valence-corrected chi connectivity index (χ3v) is 3.82. The molecule has 1 heterocycles. The van der Waals surface area contributed by atoms with Gasteiger partial charge in [-0.25, -0.2) is 4.39 Å². The Morgan fingerprint density at radius 1 is 1.50 bits per heavy atom. The van der Waals surface area contributed by atoms with Gasteiger partial charge in [0.2, 0.25) is 0 Å². The van der Waals surface area contributed by atoms with E-state index < -0.39 is 0 Å². The molecule has 0 spiro atoms. The van der Waals surface area contributed by atoms with Gasteiger partial charge < -0.3 is 10.5 Å². The molecule has 4 heteroatoms. The van der Waals surface area contributed by atoms with Crippen LogP contribution in [-0.2, 0) is 11.2 Å². The van der Waals surface area contributed by atoms with E-state index in [1.807, 2.05) is 6.07 Å². The smallest absolute Gasteiger partial charge is 0.142 e. The number of rotatable bonds is 5. The predicted molar refractivity (Wildman–Crippen MR) is 71.3 cm³/mol. The molecule has 2 nitrogen and oxygen atoms in total. The molecule has 1 aliphatic rings. The van der Waals surface area contributed by atoms with Crippen LogP contribution in [0.4, 0.5) is 4.39 Å². The first-order chi connectivity index (χ1) is 8.66. The lowest BCUT2D eigenvalue weighted by Gasteiger charge is -2.15. The molecule has 1 saturated heterocycles. The Balaban J connectivity index is 1.82. The Kier molecular flexibility index (Phi) is 4.98. The number of hydrogen-bond donors (Lipinski definition) is 1. The number of nitrogens with two attached hydrogens (primary N) is 1. The van der Waals surface area contributed by atoms with Crippen LogP contribution in [0.15, 0.2) is 18.2 Å². The molecule has 0 saturated carbocycles. The summed E-state index contributed by atoms with van der Waals surface area (Å²) in [7, 11) is 0. The van der Waals surface area contributed by atoms with Crippen LogP contribution in [0, 0.1) is 5.82 Å². The lowest BCUT2D eigenvalue weighted by Crippen LogP contribution is -2.24. The van der Waals surface area contributed by atoms with E-state index in [1.165, 1.54) is 6.07 Å². The number of benzene rings is 1. The number of halogens is 2. The van der Waals surface area contributed by atoms with Crippen LogP contribution >= 0.6 is 11.6 Å². The highest BCUT2D eigenvalue weighted by atomic mass is 35.5. The summed E-state index contributed by atoms with van der Waals surface area (Å²) in [6.07, 6.45) is 5.12. The Morgan fingerprint density at radius 2 is 2.33 bits per heavy atom. The summed E-state index contributed by atoms with van der Waals surface area (Å²) in [6.45, 7) is 0.871. The van der Waals surface area contributed by atoms with Gasteiger partial charge in [-0.1, -0.05) is 23.7 Å². The Morgan fingerprint density at radius 3 is 3.06 bits per heavy atom. The monoisotopic (exact) mass is 271 g/mol. The maximum Gasteiger partial charge on any atom is 0.142 e. The maximum atomic E-state index is 13.3. The van der Waals surface area contributed by atoms with Gasteiger partial charge in [-0.3, -0.25) is 0 Å². The molecule has 100 valence electrons. The van der Waals surface area contributed by atoms with Crippen LogP contribution in [-0.4, -0.2) is 18.8 Å². The molecular formula is C14H19ClFNO. The fraction of sp³-hybridized carbons (Fsp3) is 0.571. The summed E-state index contributed by atoms with van der Waals surface area (Å²) >= 11 is 5.91. The van der Waals surface area contributed by atoms with Gasteiger partial charge in [0.1, 0.15) is 5.82 Å². The Bertz CT molecular complexity index is 393. The van der Waals surface area contributed by atoms with Crippen LogP contribution in [0.1, 0.15) is 31.2 Å². The molecule has 18 heavy (non-hydrogen) atoms. The molecule has 2 atom stereocenters. The SMILES string of the molecule is NC(CCC1CCCO1)Cc1cccc(F)c1Cl. The van der Waals surface area contributed by atoms with Crippen molar-refractivity contribution >= 4 is 11.6 Å². The van der Waals surface area contributed by atoms with Crippen molar-refractivity contribution in [2.24, 2.45) is 5.73 Å². The molecule has 0 radical (unpaired) electrons. The van der Waals surface area contributed by atoms with Gasteiger partial charge in [-0.05, 0) is 43.7 Å². The van der Waals surface area contributed by atoms with Gasteiger partial charge in [-0.15, -0.1) is 0 Å². The molecule has 2 N–H and O–H groups in total. The van der Waals surface area contributed by atoms with Crippen molar-refractivity contribution in [2.75, 3.05) is 6.61 Å². The van der Waals surface area contributed by atoms with Crippen LogP contribution < -0.4 is 5.73 Å². The van der Waals surface area contributed by atoms with Crippen molar-refractivity contribution in [3.05, 3.63) is 34.6 Å². The van der Waals surface area contributed by atoms with Gasteiger partial charge in [0.05, 0.1) is 11.1 Å². The fourth-order valence-electron chi connectivity index (χ4n) is 2.36. The normalized spacial score (nSPS) is 21.2. The fourth-order valence-corrected chi connectivity index (χ4v) is 2.57. The number of ether oxygens (including phenoxy) is 1. The average Bonchev–Trinajstić information content (AvgIpc) is 2.86. The molecular weight excluding hydrogens is 253 g/mol. The third kappa shape index (κ3) is 3.67. The van der Waals surface area contributed by atoms with Gasteiger partial charge in [-0.2, -0.15) is 0 Å². The summed E-state index contributed by atoms with van der Waals surface area (Å²) < 4.78 is 18.8. The van der Waals surface area contributed by atoms with Crippen LogP contribution in [0.3, 0.4) is 0 Å². The van der Waals surface area contributed by atoms with Gasteiger partial charge in [0, 0.05) is 12.6 Å². The quantitative estimate of drug-likeness (QED) is 0.892. The van der Waals surface area contributed by atoms with E-state index in [2.05, 4.69) is 0 Å². The summed E-state index contributed by atoms with van der Waals surface area (Å²) in [6, 6.07) is 4.87. The van der Waals surface area contributed by atoms with E-state index >= 15 is 0 Å². The largest absolute Gasteiger partial charge is 0.378 e. The summed E-state index contributed by atoms with van der Waals surface area (Å²) in [5, 5.41) is 0.199. The topological polar surface area (TPSA) is 35.2 Å². The van der Waals surface area contributed by atoms with Crippen LogP contribution in [0.2, 0.25) is 5.02 Å². The van der Waals surface area contributed by atoms with E-state index in [1.54, 1.807) is 6.07 Å². The minimum atomic E-state index is -0.375. The van der Waals surface area contributed by atoms with E-state index in [-0.39, 0.29) is 16.9 Å². The summed E-state index contributed by atoms with van der Waals surface area (Å²) in [5.41, 5.74) is 6.85. The minimum absolute atomic E-state index is 0.00787. The zero-order valence-electron chi connectivity index (χ0n) is 10.4. The Labute approximate surface area is 112 Å². The molecule has 1 fully saturated rings. The maximum absolute atomic E-state index is 13.3. The molecule has 0 bridgehead atoms. The van der Waals surface area contributed by atoms with E-state index in [4.69, 9.17) is 22.1 Å². The first-order valence-electron chi connectivity index (χ1n) is 6.47. The van der Waals surface area contributed by atoms with E-state index in [0.717, 1.165) is 37.9 Å². The second-order valence-corrected chi connectivity index (χ2v) is 5.27. The molecule has 0 amide bonds. The van der Waals surface area contributed by atoms with E-state index in [9.17, 15) is 4.39 Å². The van der Waals surface area contributed by atoms with Crippen molar-refractivity contribution in [3.63, 3.8) is 0 Å². The zero-order chi connectivity index (χ0) is 13.0. The lowest BCUT2D eigenvalue weighted by atomic mass is 10.00. The van der Waals surface area contributed by atoms with Crippen molar-refractivity contribution in [1.29, 1.82) is 0 Å². The third-order valence-electron chi connectivity index (χ3n) is 3.40. The number of hydrogen-bond acceptors (Lipinski definition) is 2. The lowest BCUT2D eigenvalue weighted by molar-refractivity contribution is 0.101. The van der Waals surface area contributed by atoms with Crippen molar-refractivity contribution in [1.82, 2.24) is 0 Å². The zero-order valence-corrected chi connectivity index (χ0v) is 11.1. The molecule has 0 aromatic heterocycles. The summed E-state index contributed by atoms with van der Waals surface area (Å²) in [5.74, 6) is -0.375. The molecule has 2 unspecified atom stereocenters. The summed E-state index contributed by atoms with van der Waals surface area (Å²) in [4.78, 5) is 0. The molecule has 1 aromatic rings. The average molecular weight is 272 g/mol. The standard InChI is InChI=1S/C14H19ClFNO/c15-14-10(3-1-5-13(14)16)9-11(17)6-7-12-4-2-8-18-12/h1,3,5,11-12H,2,4,6-9,17H2. The molecule has 0 aliphatic carbocycles. The second-order valence-electron chi connectivity index (χ2n) is 4.89. The van der Waals surface area contributed by atoms with Crippen molar-refractivity contribution < 1.29 is 9.13 Å². The van der Waals surface area contributed by atoms with Crippen molar-refractivity contribution in [3.8, 4) is 0 Å².